The first kappa shape index (κ1) is 15.1. The van der Waals surface area contributed by atoms with E-state index in [-0.39, 0.29) is 16.8 Å². The standard InChI is InChI=1S/C13H21N3O3S/c1-3-16-8-11(20(14,18)19)7-12(16)13(17)15-9(2)10-5-4-6-10/h7-10H,3-6H2,1-2H3,(H,15,17)(H2,14,18,19). The molecule has 1 amide bonds. The molecular weight excluding hydrogens is 278 g/mol. The van der Waals surface area contributed by atoms with E-state index in [2.05, 4.69) is 5.32 Å². The van der Waals surface area contributed by atoms with Crippen LogP contribution in [0.1, 0.15) is 43.6 Å². The van der Waals surface area contributed by atoms with Crippen LogP contribution in [0.3, 0.4) is 0 Å². The van der Waals surface area contributed by atoms with Crippen molar-refractivity contribution >= 4 is 15.9 Å². The number of carbonyl (C=O) groups is 1. The van der Waals surface area contributed by atoms with Gasteiger partial charge in [-0.2, -0.15) is 0 Å². The summed E-state index contributed by atoms with van der Waals surface area (Å²) in [6, 6.07) is 1.44. The molecule has 1 fully saturated rings. The van der Waals surface area contributed by atoms with E-state index in [9.17, 15) is 13.2 Å². The number of carbonyl (C=O) groups excluding carboxylic acids is 1. The van der Waals surface area contributed by atoms with Crippen LogP contribution in [0.2, 0.25) is 0 Å². The Bertz CT molecular complexity index is 602. The largest absolute Gasteiger partial charge is 0.348 e. The molecule has 0 saturated heterocycles. The quantitative estimate of drug-likeness (QED) is 0.851. The molecule has 3 N–H and O–H groups in total. The lowest BCUT2D eigenvalue weighted by Crippen LogP contribution is -2.41. The van der Waals surface area contributed by atoms with Crippen molar-refractivity contribution in [2.75, 3.05) is 0 Å². The van der Waals surface area contributed by atoms with Gasteiger partial charge in [0.1, 0.15) is 10.6 Å². The van der Waals surface area contributed by atoms with E-state index in [1.165, 1.54) is 18.7 Å². The second-order valence-corrected chi connectivity index (χ2v) is 6.91. The van der Waals surface area contributed by atoms with Crippen LogP contribution in [0.5, 0.6) is 0 Å². The molecule has 1 atom stereocenters. The maximum Gasteiger partial charge on any atom is 0.268 e. The molecule has 1 aliphatic carbocycles. The number of aryl methyl sites for hydroxylation is 1. The van der Waals surface area contributed by atoms with Crippen molar-refractivity contribution in [3.8, 4) is 0 Å². The molecule has 0 aromatic carbocycles. The van der Waals surface area contributed by atoms with Crippen molar-refractivity contribution in [1.29, 1.82) is 0 Å². The Balaban J connectivity index is 2.18. The number of primary sulfonamides is 1. The predicted octanol–water partition coefficient (Wildman–Crippen LogP) is 1.07. The topological polar surface area (TPSA) is 94.2 Å². The minimum Gasteiger partial charge on any atom is -0.348 e. The zero-order valence-corrected chi connectivity index (χ0v) is 12.6. The fourth-order valence-corrected chi connectivity index (χ4v) is 2.98. The first-order chi connectivity index (χ1) is 9.32. The van der Waals surface area contributed by atoms with Gasteiger partial charge in [-0.15, -0.1) is 0 Å². The van der Waals surface area contributed by atoms with Gasteiger partial charge >= 0.3 is 0 Å². The Kier molecular flexibility index (Phi) is 4.19. The van der Waals surface area contributed by atoms with Crippen molar-refractivity contribution in [2.24, 2.45) is 11.1 Å². The van der Waals surface area contributed by atoms with E-state index in [1.54, 1.807) is 4.57 Å². The summed E-state index contributed by atoms with van der Waals surface area (Å²) in [6.07, 6.45) is 4.89. The summed E-state index contributed by atoms with van der Waals surface area (Å²) in [7, 11) is -3.79. The van der Waals surface area contributed by atoms with Crippen LogP contribution in [0.4, 0.5) is 0 Å². The SMILES string of the molecule is CCn1cc(S(N)(=O)=O)cc1C(=O)NC(C)C1CCC1. The maximum absolute atomic E-state index is 12.3. The lowest BCUT2D eigenvalue weighted by molar-refractivity contribution is 0.0900. The van der Waals surface area contributed by atoms with Crippen LogP contribution < -0.4 is 10.5 Å². The smallest absolute Gasteiger partial charge is 0.268 e. The van der Waals surface area contributed by atoms with Gasteiger partial charge in [-0.3, -0.25) is 4.79 Å². The van der Waals surface area contributed by atoms with Crippen LogP contribution in [0.25, 0.3) is 0 Å². The number of rotatable bonds is 5. The fraction of sp³-hybridized carbons (Fsp3) is 0.615. The van der Waals surface area contributed by atoms with Crippen molar-refractivity contribution in [3.63, 3.8) is 0 Å². The van der Waals surface area contributed by atoms with Crippen LogP contribution in [0, 0.1) is 5.92 Å². The highest BCUT2D eigenvalue weighted by Crippen LogP contribution is 2.29. The highest BCUT2D eigenvalue weighted by Gasteiger charge is 2.26. The minimum atomic E-state index is -3.79. The number of amides is 1. The van der Waals surface area contributed by atoms with Crippen molar-refractivity contribution < 1.29 is 13.2 Å². The van der Waals surface area contributed by atoms with Gasteiger partial charge in [-0.05, 0) is 38.7 Å². The number of hydrogen-bond acceptors (Lipinski definition) is 3. The zero-order chi connectivity index (χ0) is 14.9. The minimum absolute atomic E-state index is 0.0270. The molecule has 6 nitrogen and oxygen atoms in total. The summed E-state index contributed by atoms with van der Waals surface area (Å²) in [5.74, 6) is 0.280. The molecule has 0 bridgehead atoms. The molecule has 1 saturated carbocycles. The molecule has 112 valence electrons. The highest BCUT2D eigenvalue weighted by atomic mass is 32.2. The molecule has 7 heteroatoms. The van der Waals surface area contributed by atoms with Gasteiger partial charge in [-0.25, -0.2) is 13.6 Å². The third-order valence-corrected chi connectivity index (χ3v) is 4.87. The van der Waals surface area contributed by atoms with Gasteiger partial charge in [0.05, 0.1) is 0 Å². The monoisotopic (exact) mass is 299 g/mol. The van der Waals surface area contributed by atoms with Crippen LogP contribution >= 0.6 is 0 Å². The Labute approximate surface area is 119 Å². The summed E-state index contributed by atoms with van der Waals surface area (Å²) in [5, 5.41) is 8.04. The lowest BCUT2D eigenvalue weighted by Gasteiger charge is -2.31. The molecule has 0 aliphatic heterocycles. The molecule has 0 spiro atoms. The zero-order valence-electron chi connectivity index (χ0n) is 11.8. The first-order valence-corrected chi connectivity index (χ1v) is 8.41. The molecular formula is C13H21N3O3S. The van der Waals surface area contributed by atoms with Gasteiger partial charge in [0.15, 0.2) is 0 Å². The number of nitrogens with one attached hydrogen (secondary N) is 1. The predicted molar refractivity (Wildman–Crippen MR) is 75.7 cm³/mol. The van der Waals surface area contributed by atoms with E-state index in [0.717, 1.165) is 12.8 Å². The normalized spacial score (nSPS) is 17.6. The molecule has 1 heterocycles. The second kappa shape index (κ2) is 5.57. The average molecular weight is 299 g/mol. The molecule has 1 aromatic heterocycles. The van der Waals surface area contributed by atoms with Crippen molar-refractivity contribution in [1.82, 2.24) is 9.88 Å². The number of nitrogens with two attached hydrogens (primary N) is 1. The Morgan fingerprint density at radius 2 is 2.20 bits per heavy atom. The van der Waals surface area contributed by atoms with Crippen LogP contribution in [-0.2, 0) is 16.6 Å². The average Bonchev–Trinajstić information content (AvgIpc) is 2.69. The highest BCUT2D eigenvalue weighted by molar-refractivity contribution is 7.89. The van der Waals surface area contributed by atoms with Crippen LogP contribution in [-0.4, -0.2) is 24.9 Å². The fourth-order valence-electron chi connectivity index (χ4n) is 2.43. The summed E-state index contributed by atoms with van der Waals surface area (Å²) in [5.41, 5.74) is 0.336. The third kappa shape index (κ3) is 3.04. The Morgan fingerprint density at radius 1 is 1.55 bits per heavy atom. The Hall–Kier alpha value is -1.34. The van der Waals surface area contributed by atoms with E-state index in [1.807, 2.05) is 13.8 Å². The lowest BCUT2D eigenvalue weighted by atomic mass is 9.80. The molecule has 20 heavy (non-hydrogen) atoms. The van der Waals surface area contributed by atoms with Gasteiger partial charge in [0.25, 0.3) is 5.91 Å². The summed E-state index contributed by atoms with van der Waals surface area (Å²) in [6.45, 7) is 4.34. The number of hydrogen-bond donors (Lipinski definition) is 2. The molecule has 1 unspecified atom stereocenters. The third-order valence-electron chi connectivity index (χ3n) is 3.99. The molecule has 0 radical (unpaired) electrons. The van der Waals surface area contributed by atoms with Crippen LogP contribution in [0.15, 0.2) is 17.2 Å². The first-order valence-electron chi connectivity index (χ1n) is 6.86. The second-order valence-electron chi connectivity index (χ2n) is 5.35. The van der Waals surface area contributed by atoms with Gasteiger partial charge in [-0.1, -0.05) is 6.42 Å². The number of aromatic nitrogens is 1. The summed E-state index contributed by atoms with van der Waals surface area (Å²) < 4.78 is 24.3. The maximum atomic E-state index is 12.3. The molecule has 1 aromatic rings. The van der Waals surface area contributed by atoms with E-state index in [0.29, 0.717) is 18.2 Å². The van der Waals surface area contributed by atoms with Crippen molar-refractivity contribution in [2.45, 2.75) is 50.6 Å². The number of sulfonamides is 1. The van der Waals surface area contributed by atoms with Gasteiger partial charge < -0.3 is 9.88 Å². The van der Waals surface area contributed by atoms with Gasteiger partial charge in [0, 0.05) is 18.8 Å². The number of nitrogens with zero attached hydrogens (tertiary/aromatic N) is 1. The van der Waals surface area contributed by atoms with Crippen molar-refractivity contribution in [3.05, 3.63) is 18.0 Å². The van der Waals surface area contributed by atoms with E-state index >= 15 is 0 Å². The van der Waals surface area contributed by atoms with E-state index in [4.69, 9.17) is 5.14 Å². The molecule has 1 aliphatic rings. The summed E-state index contributed by atoms with van der Waals surface area (Å²) in [4.78, 5) is 12.2. The molecule has 2 rings (SSSR count). The Morgan fingerprint density at radius 3 is 2.65 bits per heavy atom. The summed E-state index contributed by atoms with van der Waals surface area (Å²) >= 11 is 0. The van der Waals surface area contributed by atoms with E-state index < -0.39 is 10.0 Å². The van der Waals surface area contributed by atoms with Gasteiger partial charge in [0.2, 0.25) is 10.0 Å².